The zero-order valence-corrected chi connectivity index (χ0v) is 15.0. The number of amides is 1. The molecule has 0 bridgehead atoms. The molecule has 1 saturated heterocycles. The molecule has 6 heteroatoms. The zero-order valence-electron chi connectivity index (χ0n) is 14.3. The zero-order chi connectivity index (χ0) is 18.5. The average molecular weight is 378 g/mol. The first-order valence-electron chi connectivity index (χ1n) is 8.63. The van der Waals surface area contributed by atoms with Crippen LogP contribution in [0.3, 0.4) is 0 Å². The Morgan fingerprint density at radius 1 is 1.23 bits per heavy atom. The highest BCUT2D eigenvalue weighted by Gasteiger charge is 2.46. The minimum atomic E-state index is -2.75. The molecule has 4 rings (SSSR count). The third-order valence-corrected chi connectivity index (χ3v) is 5.19. The molecule has 2 heterocycles. The summed E-state index contributed by atoms with van der Waals surface area (Å²) >= 11 is 6.37. The van der Waals surface area contributed by atoms with Gasteiger partial charge in [0.15, 0.2) is 0 Å². The molecular formula is C20H18ClF2NO2. The molecule has 2 aromatic carbocycles. The Labute approximate surface area is 155 Å². The highest BCUT2D eigenvalue weighted by atomic mass is 35.5. The number of carbonyl (C=O) groups excluding carboxylic acids is 1. The van der Waals surface area contributed by atoms with Crippen LogP contribution in [-0.4, -0.2) is 35.9 Å². The van der Waals surface area contributed by atoms with Gasteiger partial charge in [0.2, 0.25) is 0 Å². The van der Waals surface area contributed by atoms with Gasteiger partial charge < -0.3 is 9.64 Å². The number of fused-ring (bicyclic) bond motifs is 1. The molecule has 1 fully saturated rings. The predicted molar refractivity (Wildman–Crippen MR) is 96.1 cm³/mol. The Balaban J connectivity index is 1.55. The van der Waals surface area contributed by atoms with Crippen molar-refractivity contribution in [2.75, 3.05) is 13.1 Å². The van der Waals surface area contributed by atoms with Crippen LogP contribution in [0.4, 0.5) is 8.78 Å². The van der Waals surface area contributed by atoms with Crippen molar-refractivity contribution in [2.45, 2.75) is 31.8 Å². The molecule has 2 aliphatic heterocycles. The Morgan fingerprint density at radius 2 is 1.92 bits per heavy atom. The summed E-state index contributed by atoms with van der Waals surface area (Å²) in [6, 6.07) is 10.9. The maximum absolute atomic E-state index is 12.9. The first kappa shape index (κ1) is 17.3. The number of alkyl halides is 2. The molecule has 26 heavy (non-hydrogen) atoms. The average Bonchev–Trinajstić information content (AvgIpc) is 3.03. The van der Waals surface area contributed by atoms with Crippen LogP contribution in [0, 0.1) is 0 Å². The third kappa shape index (κ3) is 3.05. The fraction of sp³-hybridized carbons (Fsp3) is 0.350. The second-order valence-corrected chi connectivity index (χ2v) is 7.30. The molecule has 3 nitrogen and oxygen atoms in total. The topological polar surface area (TPSA) is 29.5 Å². The molecule has 0 saturated carbocycles. The molecule has 0 N–H and O–H groups in total. The lowest BCUT2D eigenvalue weighted by molar-refractivity contribution is -0.113. The second kappa shape index (κ2) is 6.23. The van der Waals surface area contributed by atoms with Crippen molar-refractivity contribution in [3.05, 3.63) is 52.5 Å². The van der Waals surface area contributed by atoms with E-state index in [4.69, 9.17) is 16.3 Å². The molecule has 1 amide bonds. The van der Waals surface area contributed by atoms with Crippen LogP contribution < -0.4 is 4.74 Å². The Morgan fingerprint density at radius 3 is 2.54 bits per heavy atom. The summed E-state index contributed by atoms with van der Waals surface area (Å²) in [6.45, 7) is 1.06. The van der Waals surface area contributed by atoms with Crippen molar-refractivity contribution in [3.8, 4) is 16.9 Å². The maximum atomic E-state index is 12.9. The van der Waals surface area contributed by atoms with Crippen molar-refractivity contribution >= 4 is 17.5 Å². The van der Waals surface area contributed by atoms with E-state index in [0.29, 0.717) is 10.6 Å². The first-order chi connectivity index (χ1) is 12.4. The second-order valence-electron chi connectivity index (χ2n) is 6.89. The lowest BCUT2D eigenvalue weighted by atomic mass is 9.99. The number of benzene rings is 2. The number of likely N-dealkylation sites (tertiary alicyclic amines) is 1. The molecule has 0 aromatic heterocycles. The van der Waals surface area contributed by atoms with E-state index >= 15 is 0 Å². The van der Waals surface area contributed by atoms with Crippen molar-refractivity contribution in [3.63, 3.8) is 0 Å². The van der Waals surface area contributed by atoms with Crippen molar-refractivity contribution < 1.29 is 18.3 Å². The van der Waals surface area contributed by atoms with Gasteiger partial charge in [0.05, 0.1) is 18.1 Å². The molecule has 2 aromatic rings. The van der Waals surface area contributed by atoms with Crippen LogP contribution in [0.5, 0.6) is 5.75 Å². The number of hydrogen-bond donors (Lipinski definition) is 0. The molecule has 2 aliphatic rings. The van der Waals surface area contributed by atoms with Gasteiger partial charge in [-0.2, -0.15) is 0 Å². The molecule has 1 atom stereocenters. The van der Waals surface area contributed by atoms with Gasteiger partial charge in [0, 0.05) is 12.0 Å². The van der Waals surface area contributed by atoms with Crippen LogP contribution in [0.15, 0.2) is 36.4 Å². The van der Waals surface area contributed by atoms with E-state index < -0.39 is 19.0 Å². The quantitative estimate of drug-likeness (QED) is 0.768. The van der Waals surface area contributed by atoms with E-state index in [-0.39, 0.29) is 12.0 Å². The molecule has 0 aliphatic carbocycles. The van der Waals surface area contributed by atoms with Crippen LogP contribution in [0.1, 0.15) is 29.3 Å². The maximum Gasteiger partial charge on any atom is 0.282 e. The Bertz CT molecular complexity index is 859. The number of carbonyl (C=O) groups is 1. The number of halogens is 3. The summed E-state index contributed by atoms with van der Waals surface area (Å²) in [4.78, 5) is 13.4. The molecular weight excluding hydrogens is 360 g/mol. The largest absolute Gasteiger partial charge is 0.488 e. The fourth-order valence-corrected chi connectivity index (χ4v) is 3.71. The van der Waals surface area contributed by atoms with Gasteiger partial charge in [0.25, 0.3) is 11.8 Å². The van der Waals surface area contributed by atoms with Gasteiger partial charge in [0.1, 0.15) is 11.9 Å². The standard InChI is InChI=1S/C20H18ClF2NO2/c1-2-16-8-15-7-14(9-17(21)18(15)26-16)12-3-5-13(6-4-12)19(25)24-10-20(22,23)11-24/h3-7,9,16H,2,8,10-11H2,1H3. The third-order valence-electron chi connectivity index (χ3n) is 4.90. The van der Waals surface area contributed by atoms with Crippen LogP contribution in [-0.2, 0) is 6.42 Å². The number of ether oxygens (including phenoxy) is 1. The molecule has 0 spiro atoms. The number of rotatable bonds is 3. The normalized spacial score (nSPS) is 20.3. The van der Waals surface area contributed by atoms with Gasteiger partial charge in [-0.1, -0.05) is 30.7 Å². The van der Waals surface area contributed by atoms with Crippen molar-refractivity contribution in [1.82, 2.24) is 4.90 Å². The van der Waals surface area contributed by atoms with E-state index in [9.17, 15) is 13.6 Å². The van der Waals surface area contributed by atoms with E-state index in [1.54, 1.807) is 12.1 Å². The van der Waals surface area contributed by atoms with Gasteiger partial charge >= 0.3 is 0 Å². The lowest BCUT2D eigenvalue weighted by Crippen LogP contribution is -2.58. The minimum Gasteiger partial charge on any atom is -0.488 e. The lowest BCUT2D eigenvalue weighted by Gasteiger charge is -2.38. The smallest absolute Gasteiger partial charge is 0.282 e. The highest BCUT2D eigenvalue weighted by Crippen LogP contribution is 2.40. The van der Waals surface area contributed by atoms with Crippen molar-refractivity contribution in [1.29, 1.82) is 0 Å². The van der Waals surface area contributed by atoms with Gasteiger partial charge in [-0.15, -0.1) is 0 Å². The van der Waals surface area contributed by atoms with Crippen LogP contribution in [0.25, 0.3) is 11.1 Å². The summed E-state index contributed by atoms with van der Waals surface area (Å²) in [5.41, 5.74) is 3.36. The van der Waals surface area contributed by atoms with Gasteiger partial charge in [-0.3, -0.25) is 4.79 Å². The summed E-state index contributed by atoms with van der Waals surface area (Å²) in [5.74, 6) is -2.36. The van der Waals surface area contributed by atoms with E-state index in [1.807, 2.05) is 18.2 Å². The summed E-state index contributed by atoms with van der Waals surface area (Å²) in [5, 5.41) is 0.580. The fourth-order valence-electron chi connectivity index (χ4n) is 3.43. The predicted octanol–water partition coefficient (Wildman–Crippen LogP) is 4.81. The summed E-state index contributed by atoms with van der Waals surface area (Å²) in [6.07, 6.45) is 1.92. The molecule has 1 unspecified atom stereocenters. The summed E-state index contributed by atoms with van der Waals surface area (Å²) < 4.78 is 31.7. The summed E-state index contributed by atoms with van der Waals surface area (Å²) in [7, 11) is 0. The minimum absolute atomic E-state index is 0.160. The van der Waals surface area contributed by atoms with Crippen LogP contribution >= 0.6 is 11.6 Å². The monoisotopic (exact) mass is 377 g/mol. The van der Waals surface area contributed by atoms with Crippen molar-refractivity contribution in [2.24, 2.45) is 0 Å². The molecule has 136 valence electrons. The van der Waals surface area contributed by atoms with Gasteiger partial charge in [-0.05, 0) is 47.4 Å². The first-order valence-corrected chi connectivity index (χ1v) is 9.01. The SMILES string of the molecule is CCC1Cc2cc(-c3ccc(C(=O)N4CC(F)(F)C4)cc3)cc(Cl)c2O1. The van der Waals surface area contributed by atoms with Crippen LogP contribution in [0.2, 0.25) is 5.02 Å². The number of hydrogen-bond acceptors (Lipinski definition) is 2. The molecule has 0 radical (unpaired) electrons. The highest BCUT2D eigenvalue weighted by molar-refractivity contribution is 6.32. The number of nitrogens with zero attached hydrogens (tertiary/aromatic N) is 1. The Hall–Kier alpha value is -2.14. The van der Waals surface area contributed by atoms with E-state index in [2.05, 4.69) is 13.0 Å². The van der Waals surface area contributed by atoms with E-state index in [0.717, 1.165) is 40.2 Å². The van der Waals surface area contributed by atoms with Gasteiger partial charge in [-0.25, -0.2) is 8.78 Å². The van der Waals surface area contributed by atoms with E-state index in [1.165, 1.54) is 0 Å². The Kier molecular flexibility index (Phi) is 4.14.